The van der Waals surface area contributed by atoms with Gasteiger partial charge in [0.1, 0.15) is 5.76 Å². The van der Waals surface area contributed by atoms with Crippen LogP contribution in [0.4, 0.5) is 11.4 Å². The maximum atomic E-state index is 6.02. The van der Waals surface area contributed by atoms with Gasteiger partial charge in [0.25, 0.3) is 0 Å². The zero-order valence-corrected chi connectivity index (χ0v) is 10.8. The zero-order valence-electron chi connectivity index (χ0n) is 10.8. The molecule has 6 nitrogen and oxygen atoms in total. The molecule has 98 valence electrons. The summed E-state index contributed by atoms with van der Waals surface area (Å²) in [5.74, 6) is 0.825. The van der Waals surface area contributed by atoms with Crippen LogP contribution in [0.2, 0.25) is 0 Å². The van der Waals surface area contributed by atoms with Gasteiger partial charge < -0.3 is 15.6 Å². The molecule has 0 bridgehead atoms. The topological polar surface area (TPSA) is 92.8 Å². The van der Waals surface area contributed by atoms with Crippen molar-refractivity contribution in [3.05, 3.63) is 35.3 Å². The molecule has 0 aliphatic rings. The number of nitrogens with two attached hydrogens (primary N) is 1. The van der Waals surface area contributed by atoms with Crippen molar-refractivity contribution in [1.82, 2.24) is 15.4 Å². The maximum Gasteiger partial charge on any atom is 0.138 e. The first-order valence-corrected chi connectivity index (χ1v) is 6.03. The van der Waals surface area contributed by atoms with Crippen molar-refractivity contribution >= 4 is 22.3 Å². The van der Waals surface area contributed by atoms with Crippen molar-refractivity contribution in [1.29, 1.82) is 0 Å². The second-order valence-corrected chi connectivity index (χ2v) is 4.55. The highest BCUT2D eigenvalue weighted by Crippen LogP contribution is 2.25. The molecule has 0 aliphatic carbocycles. The summed E-state index contributed by atoms with van der Waals surface area (Å²) >= 11 is 0. The largest absolute Gasteiger partial charge is 0.397 e. The van der Waals surface area contributed by atoms with Gasteiger partial charge in [0.05, 0.1) is 28.8 Å². The van der Waals surface area contributed by atoms with E-state index in [-0.39, 0.29) is 0 Å². The fourth-order valence-corrected chi connectivity index (χ4v) is 2.10. The molecule has 6 heteroatoms. The van der Waals surface area contributed by atoms with Crippen LogP contribution in [0, 0.1) is 13.8 Å². The minimum Gasteiger partial charge on any atom is -0.397 e. The number of fused-ring (bicyclic) bond motifs is 1. The number of hydrogen-bond acceptors (Lipinski definition) is 5. The van der Waals surface area contributed by atoms with Crippen LogP contribution < -0.4 is 11.1 Å². The van der Waals surface area contributed by atoms with Gasteiger partial charge in [-0.25, -0.2) is 0 Å². The first kappa shape index (κ1) is 11.6. The number of H-pyrrole nitrogens is 1. The van der Waals surface area contributed by atoms with Crippen LogP contribution >= 0.6 is 0 Å². The highest BCUT2D eigenvalue weighted by molar-refractivity contribution is 5.88. The van der Waals surface area contributed by atoms with E-state index in [1.165, 1.54) is 0 Å². The van der Waals surface area contributed by atoms with Gasteiger partial charge >= 0.3 is 0 Å². The monoisotopic (exact) mass is 257 g/mol. The molecule has 0 unspecified atom stereocenters. The molecule has 4 N–H and O–H groups in total. The predicted molar refractivity (Wildman–Crippen MR) is 73.8 cm³/mol. The third-order valence-corrected chi connectivity index (χ3v) is 3.25. The third-order valence-electron chi connectivity index (χ3n) is 3.25. The van der Waals surface area contributed by atoms with Gasteiger partial charge in [-0.1, -0.05) is 5.16 Å². The summed E-state index contributed by atoms with van der Waals surface area (Å²) in [5.41, 5.74) is 10.5. The fourth-order valence-electron chi connectivity index (χ4n) is 2.10. The van der Waals surface area contributed by atoms with Crippen molar-refractivity contribution < 1.29 is 4.52 Å². The van der Waals surface area contributed by atoms with E-state index in [0.29, 0.717) is 12.2 Å². The minimum atomic E-state index is 0.630. The highest BCUT2D eigenvalue weighted by Gasteiger charge is 2.10. The summed E-state index contributed by atoms with van der Waals surface area (Å²) in [6.07, 6.45) is 1.75. The SMILES string of the molecule is Cc1noc(C)c1CNc1cc2[nH]ncc2cc1N. The summed E-state index contributed by atoms with van der Waals surface area (Å²) in [5, 5.41) is 15.2. The van der Waals surface area contributed by atoms with Gasteiger partial charge in [-0.05, 0) is 26.0 Å². The molecule has 19 heavy (non-hydrogen) atoms. The lowest BCUT2D eigenvalue weighted by molar-refractivity contribution is 0.392. The van der Waals surface area contributed by atoms with E-state index in [2.05, 4.69) is 20.7 Å². The molecule has 0 saturated carbocycles. The zero-order chi connectivity index (χ0) is 13.4. The van der Waals surface area contributed by atoms with Gasteiger partial charge in [-0.3, -0.25) is 5.10 Å². The second kappa shape index (κ2) is 4.31. The Morgan fingerprint density at radius 3 is 2.95 bits per heavy atom. The molecule has 2 heterocycles. The average molecular weight is 257 g/mol. The van der Waals surface area contributed by atoms with Crippen LogP contribution in [0.25, 0.3) is 10.9 Å². The summed E-state index contributed by atoms with van der Waals surface area (Å²) < 4.78 is 5.13. The molecule has 2 aromatic heterocycles. The summed E-state index contributed by atoms with van der Waals surface area (Å²) in [7, 11) is 0. The fraction of sp³-hybridized carbons (Fsp3) is 0.231. The molecule has 3 aromatic rings. The lowest BCUT2D eigenvalue weighted by Crippen LogP contribution is -2.04. The molecule has 0 atom stereocenters. The number of aromatic nitrogens is 3. The molecule has 1 aromatic carbocycles. The maximum absolute atomic E-state index is 6.02. The Bertz CT molecular complexity index is 708. The van der Waals surface area contributed by atoms with E-state index in [0.717, 1.165) is 33.6 Å². The number of nitrogen functional groups attached to an aromatic ring is 1. The molecule has 0 fully saturated rings. The highest BCUT2D eigenvalue weighted by atomic mass is 16.5. The van der Waals surface area contributed by atoms with E-state index >= 15 is 0 Å². The number of aromatic amines is 1. The summed E-state index contributed by atoms with van der Waals surface area (Å²) in [6, 6.07) is 3.85. The molecule has 0 radical (unpaired) electrons. The predicted octanol–water partition coefficient (Wildman–Crippen LogP) is 2.36. The Kier molecular flexibility index (Phi) is 2.63. The first-order valence-electron chi connectivity index (χ1n) is 6.03. The van der Waals surface area contributed by atoms with Crippen molar-refractivity contribution in [2.24, 2.45) is 0 Å². The number of benzene rings is 1. The lowest BCUT2D eigenvalue weighted by atomic mass is 10.1. The van der Waals surface area contributed by atoms with Crippen molar-refractivity contribution in [2.45, 2.75) is 20.4 Å². The van der Waals surface area contributed by atoms with E-state index in [1.54, 1.807) is 6.20 Å². The summed E-state index contributed by atoms with van der Waals surface area (Å²) in [6.45, 7) is 4.46. The Morgan fingerprint density at radius 2 is 2.21 bits per heavy atom. The van der Waals surface area contributed by atoms with Crippen LogP contribution in [0.1, 0.15) is 17.0 Å². The van der Waals surface area contributed by atoms with Crippen LogP contribution in [0.3, 0.4) is 0 Å². The molecule has 0 spiro atoms. The van der Waals surface area contributed by atoms with Gasteiger partial charge in [0.2, 0.25) is 0 Å². The Labute approximate surface area is 110 Å². The van der Waals surface area contributed by atoms with Gasteiger partial charge in [0, 0.05) is 17.5 Å². The van der Waals surface area contributed by atoms with Gasteiger partial charge in [-0.15, -0.1) is 0 Å². The van der Waals surface area contributed by atoms with Gasteiger partial charge in [0.15, 0.2) is 0 Å². The van der Waals surface area contributed by atoms with Crippen LogP contribution in [-0.4, -0.2) is 15.4 Å². The number of anilines is 2. The third kappa shape index (κ3) is 2.01. The Hall–Kier alpha value is -2.50. The number of aryl methyl sites for hydroxylation is 2. The second-order valence-electron chi connectivity index (χ2n) is 4.55. The van der Waals surface area contributed by atoms with Gasteiger partial charge in [-0.2, -0.15) is 5.10 Å². The standard InChI is InChI=1S/C13H15N5O/c1-7-10(8(2)19-18-7)6-15-13-4-12-9(3-11(13)14)5-16-17-12/h3-5,15H,6,14H2,1-2H3,(H,16,17). The van der Waals surface area contributed by atoms with Crippen molar-refractivity contribution in [2.75, 3.05) is 11.1 Å². The molecule has 3 rings (SSSR count). The van der Waals surface area contributed by atoms with E-state index in [9.17, 15) is 0 Å². The van der Waals surface area contributed by atoms with E-state index < -0.39 is 0 Å². The molecular weight excluding hydrogens is 242 g/mol. The lowest BCUT2D eigenvalue weighted by Gasteiger charge is -2.09. The normalized spacial score (nSPS) is 11.1. The smallest absolute Gasteiger partial charge is 0.138 e. The number of nitrogens with one attached hydrogen (secondary N) is 2. The quantitative estimate of drug-likeness (QED) is 0.626. The minimum absolute atomic E-state index is 0.630. The number of hydrogen-bond donors (Lipinski definition) is 3. The number of rotatable bonds is 3. The van der Waals surface area contributed by atoms with Crippen molar-refractivity contribution in [3.8, 4) is 0 Å². The average Bonchev–Trinajstić information content (AvgIpc) is 2.94. The summed E-state index contributed by atoms with van der Waals surface area (Å²) in [4.78, 5) is 0. The van der Waals surface area contributed by atoms with Crippen LogP contribution in [-0.2, 0) is 6.54 Å². The van der Waals surface area contributed by atoms with Crippen LogP contribution in [0.5, 0.6) is 0 Å². The van der Waals surface area contributed by atoms with Crippen molar-refractivity contribution in [3.63, 3.8) is 0 Å². The number of nitrogens with zero attached hydrogens (tertiary/aromatic N) is 2. The molecule has 0 amide bonds. The van der Waals surface area contributed by atoms with E-state index in [1.807, 2.05) is 26.0 Å². The van der Waals surface area contributed by atoms with Crippen LogP contribution in [0.15, 0.2) is 22.9 Å². The Morgan fingerprint density at radius 1 is 1.37 bits per heavy atom. The first-order chi connectivity index (χ1) is 9.15. The molecule has 0 aliphatic heterocycles. The molecular formula is C13H15N5O. The van der Waals surface area contributed by atoms with E-state index in [4.69, 9.17) is 10.3 Å². The Balaban J connectivity index is 1.87. The molecule has 0 saturated heterocycles.